The molecule has 3 aliphatic rings. The Morgan fingerprint density at radius 1 is 0.560 bits per heavy atom. The molecule has 0 bridgehead atoms. The maximum atomic E-state index is 6.33. The minimum atomic E-state index is -0.310. The van der Waals surface area contributed by atoms with E-state index in [1.807, 2.05) is 12.1 Å². The monoisotopic (exact) mass is 660 g/mol. The lowest BCUT2D eigenvalue weighted by Gasteiger charge is -2.38. The highest BCUT2D eigenvalue weighted by atomic mass is 32.2. The van der Waals surface area contributed by atoms with Gasteiger partial charge in [-0.25, -0.2) is 4.99 Å². The quantitative estimate of drug-likeness (QED) is 0.205. The molecule has 0 fully saturated rings. The lowest BCUT2D eigenvalue weighted by atomic mass is 9.99. The highest BCUT2D eigenvalue weighted by Gasteiger charge is 2.33. The van der Waals surface area contributed by atoms with Crippen molar-refractivity contribution in [2.75, 3.05) is 10.2 Å². The van der Waals surface area contributed by atoms with Crippen LogP contribution in [-0.4, -0.2) is 10.3 Å². The van der Waals surface area contributed by atoms with Gasteiger partial charge in [-0.1, -0.05) is 109 Å². The van der Waals surface area contributed by atoms with Gasteiger partial charge in [-0.3, -0.25) is 0 Å². The van der Waals surface area contributed by atoms with Gasteiger partial charge in [-0.05, 0) is 71.8 Å². The Morgan fingerprint density at radius 3 is 2.28 bits per heavy atom. The zero-order valence-corrected chi connectivity index (χ0v) is 27.6. The van der Waals surface area contributed by atoms with Crippen LogP contribution in [0.5, 0.6) is 11.5 Å². The van der Waals surface area contributed by atoms with Gasteiger partial charge in [0.15, 0.2) is 11.5 Å². The minimum Gasteiger partial charge on any atom is -0.453 e. The molecule has 1 aromatic heterocycles. The van der Waals surface area contributed by atoms with Gasteiger partial charge in [0.2, 0.25) is 6.29 Å². The summed E-state index contributed by atoms with van der Waals surface area (Å²) >= 11 is 1.81. The minimum absolute atomic E-state index is 0.310. The number of aliphatic imine (C=N–C) groups is 1. The molecule has 0 radical (unpaired) electrons. The van der Waals surface area contributed by atoms with E-state index in [-0.39, 0.29) is 6.29 Å². The van der Waals surface area contributed by atoms with E-state index in [0.717, 1.165) is 56.4 Å². The zero-order chi connectivity index (χ0) is 32.8. The Morgan fingerprint density at radius 2 is 1.32 bits per heavy atom. The number of fused-ring (bicyclic) bond motifs is 8. The normalized spacial score (nSPS) is 15.3. The van der Waals surface area contributed by atoms with E-state index >= 15 is 0 Å². The van der Waals surface area contributed by atoms with Gasteiger partial charge in [0, 0.05) is 37.4 Å². The highest BCUT2D eigenvalue weighted by molar-refractivity contribution is 7.99. The van der Waals surface area contributed by atoms with Crippen LogP contribution in [0.4, 0.5) is 22.7 Å². The Balaban J connectivity index is 1.05. The smallest absolute Gasteiger partial charge is 0.201 e. The third-order valence-corrected chi connectivity index (χ3v) is 11.1. The van der Waals surface area contributed by atoms with Crippen LogP contribution in [0.25, 0.3) is 32.9 Å². The summed E-state index contributed by atoms with van der Waals surface area (Å²) < 4.78 is 8.68. The van der Waals surface area contributed by atoms with Crippen molar-refractivity contribution in [1.82, 2.24) is 4.57 Å². The van der Waals surface area contributed by atoms with Crippen molar-refractivity contribution in [1.29, 1.82) is 0 Å². The fraction of sp³-hybridized carbons (Fsp3) is 0.0227. The number of ether oxygens (including phenoxy) is 1. The number of hydrogen-bond acceptors (Lipinski definition) is 5. The van der Waals surface area contributed by atoms with Crippen molar-refractivity contribution in [3.05, 3.63) is 169 Å². The Kier molecular flexibility index (Phi) is 5.89. The summed E-state index contributed by atoms with van der Waals surface area (Å²) in [6, 6.07) is 55.9. The van der Waals surface area contributed by atoms with Crippen molar-refractivity contribution in [2.24, 2.45) is 4.99 Å². The van der Waals surface area contributed by atoms with Crippen molar-refractivity contribution in [2.45, 2.75) is 16.1 Å². The number of hydrogen-bond donors (Lipinski definition) is 1. The number of anilines is 4. The van der Waals surface area contributed by atoms with Gasteiger partial charge in [0.1, 0.15) is 5.69 Å². The van der Waals surface area contributed by atoms with Crippen molar-refractivity contribution in [3.63, 3.8) is 0 Å². The molecule has 7 aromatic carbocycles. The maximum Gasteiger partial charge on any atom is 0.201 e. The van der Waals surface area contributed by atoms with Crippen LogP contribution in [0.2, 0.25) is 0 Å². The van der Waals surface area contributed by atoms with E-state index in [9.17, 15) is 0 Å². The lowest BCUT2D eigenvalue weighted by Crippen LogP contribution is -2.24. The molecule has 8 aromatic rings. The van der Waals surface area contributed by atoms with Crippen LogP contribution in [0.3, 0.4) is 0 Å². The van der Waals surface area contributed by atoms with Gasteiger partial charge in [-0.2, -0.15) is 0 Å². The number of benzene rings is 7. The predicted octanol–water partition coefficient (Wildman–Crippen LogP) is 11.9. The molecule has 0 amide bonds. The molecular weight excluding hydrogens is 633 g/mol. The van der Waals surface area contributed by atoms with E-state index in [1.54, 1.807) is 11.8 Å². The Labute approximate surface area is 293 Å². The molecule has 0 aliphatic carbocycles. The first kappa shape index (κ1) is 27.7. The third-order valence-electron chi connectivity index (χ3n) is 9.99. The molecule has 11 rings (SSSR count). The van der Waals surface area contributed by atoms with E-state index in [0.29, 0.717) is 0 Å². The number of aromatic nitrogens is 1. The van der Waals surface area contributed by atoms with Crippen LogP contribution in [0, 0.1) is 0 Å². The molecule has 3 aliphatic heterocycles. The second-order valence-corrected chi connectivity index (χ2v) is 13.9. The number of nitrogens with zero attached hydrogens (tertiary/aromatic N) is 3. The summed E-state index contributed by atoms with van der Waals surface area (Å²) in [7, 11) is 0. The van der Waals surface area contributed by atoms with Crippen LogP contribution in [-0.2, 0) is 0 Å². The van der Waals surface area contributed by atoms with E-state index in [4.69, 9.17) is 9.73 Å². The summed E-state index contributed by atoms with van der Waals surface area (Å²) in [4.78, 5) is 10.1. The van der Waals surface area contributed by atoms with Crippen LogP contribution in [0.1, 0.15) is 17.4 Å². The molecule has 1 atom stereocenters. The topological polar surface area (TPSA) is 41.8 Å². The molecule has 1 unspecified atom stereocenters. The summed E-state index contributed by atoms with van der Waals surface area (Å²) in [6.45, 7) is 0. The Hall–Kier alpha value is -6.24. The van der Waals surface area contributed by atoms with E-state index in [1.165, 1.54) is 37.4 Å². The molecular formula is C44H28N4OS. The first-order chi connectivity index (χ1) is 24.8. The van der Waals surface area contributed by atoms with Crippen molar-refractivity contribution >= 4 is 62.0 Å². The third kappa shape index (κ3) is 4.06. The van der Waals surface area contributed by atoms with E-state index in [2.05, 4.69) is 160 Å². The van der Waals surface area contributed by atoms with Crippen LogP contribution in [0.15, 0.2) is 173 Å². The molecule has 236 valence electrons. The van der Waals surface area contributed by atoms with Gasteiger partial charge in [0.05, 0.1) is 28.1 Å². The molecule has 50 heavy (non-hydrogen) atoms. The average molecular weight is 661 g/mol. The summed E-state index contributed by atoms with van der Waals surface area (Å²) in [5, 5.41) is 6.17. The van der Waals surface area contributed by atoms with Gasteiger partial charge < -0.3 is 19.5 Å². The molecule has 4 heterocycles. The zero-order valence-electron chi connectivity index (χ0n) is 26.7. The molecule has 0 saturated heterocycles. The number of rotatable bonds is 3. The van der Waals surface area contributed by atoms with Crippen LogP contribution >= 0.6 is 11.8 Å². The highest BCUT2D eigenvalue weighted by Crippen LogP contribution is 2.60. The Bertz CT molecular complexity index is 2710. The van der Waals surface area contributed by atoms with Gasteiger partial charge in [0.25, 0.3) is 0 Å². The molecule has 1 N–H and O–H groups in total. The summed E-state index contributed by atoms with van der Waals surface area (Å²) in [5.74, 6) is 1.76. The average Bonchev–Trinajstić information content (AvgIpc) is 3.51. The standard InChI is InChI=1S/C44H28N4OS/c1-2-11-27(12-3-1)42-31-14-4-6-15-33(31)45-44(46-42)48-34-16-7-5-13-30(34)32-25-28(21-23-35(32)48)29-22-24-37-41(26-29)50-40-20-10-19-39-43(40)47(37)36-17-8-9-18-38(36)49-39/h1-26,44-45H. The maximum absolute atomic E-state index is 6.33. The molecule has 6 heteroatoms. The lowest BCUT2D eigenvalue weighted by molar-refractivity contribution is 0.475. The van der Waals surface area contributed by atoms with Crippen molar-refractivity contribution in [3.8, 4) is 22.6 Å². The largest absolute Gasteiger partial charge is 0.453 e. The van der Waals surface area contributed by atoms with Crippen molar-refractivity contribution < 1.29 is 4.74 Å². The SMILES string of the molecule is c1ccc(C2=NC(n3c4ccccc4c4cc(-c5ccc6c(c5)Sc5cccc7c5N6c5ccccc5O7)ccc43)Nc3ccccc32)cc1. The molecule has 0 spiro atoms. The molecule has 5 nitrogen and oxygen atoms in total. The first-order valence-electron chi connectivity index (χ1n) is 16.8. The molecule has 0 saturated carbocycles. The number of nitrogens with one attached hydrogen (secondary N) is 1. The van der Waals surface area contributed by atoms with Crippen LogP contribution < -0.4 is 15.0 Å². The number of para-hydroxylation sites is 5. The summed E-state index contributed by atoms with van der Waals surface area (Å²) in [5.41, 5.74) is 12.3. The van der Waals surface area contributed by atoms with Gasteiger partial charge >= 0.3 is 0 Å². The van der Waals surface area contributed by atoms with Gasteiger partial charge in [-0.15, -0.1) is 0 Å². The first-order valence-corrected chi connectivity index (χ1v) is 17.6. The fourth-order valence-electron chi connectivity index (χ4n) is 7.76. The predicted molar refractivity (Wildman–Crippen MR) is 205 cm³/mol. The fourth-order valence-corrected chi connectivity index (χ4v) is 8.88. The second-order valence-electron chi connectivity index (χ2n) is 12.8. The summed E-state index contributed by atoms with van der Waals surface area (Å²) in [6.07, 6.45) is -0.310. The second kappa shape index (κ2) is 10.6. The van der Waals surface area contributed by atoms with E-state index < -0.39 is 0 Å².